The standard InChI is InChI=1S/C18H19F3N2O2/c1-12(23-17(24)16(22)14-5-3-2-4-6-14)13-7-9-15(10-8-13)25-11-18(19,20)21/h2-10,12,16H,11,22H2,1H3,(H,23,24). The number of hydrogen-bond donors (Lipinski definition) is 2. The van der Waals surface area contributed by atoms with Crippen molar-refractivity contribution in [3.8, 4) is 5.75 Å². The van der Waals surface area contributed by atoms with E-state index >= 15 is 0 Å². The van der Waals surface area contributed by atoms with Gasteiger partial charge in [-0.15, -0.1) is 0 Å². The van der Waals surface area contributed by atoms with Gasteiger partial charge in [-0.25, -0.2) is 0 Å². The number of benzene rings is 2. The summed E-state index contributed by atoms with van der Waals surface area (Å²) < 4.78 is 41.0. The van der Waals surface area contributed by atoms with Gasteiger partial charge in [0.15, 0.2) is 6.61 Å². The van der Waals surface area contributed by atoms with Crippen LogP contribution in [-0.4, -0.2) is 18.7 Å². The van der Waals surface area contributed by atoms with Crippen molar-refractivity contribution in [1.82, 2.24) is 5.32 Å². The Hall–Kier alpha value is -2.54. The Morgan fingerprint density at radius 1 is 1.08 bits per heavy atom. The molecule has 2 unspecified atom stereocenters. The summed E-state index contributed by atoms with van der Waals surface area (Å²) in [5, 5.41) is 2.79. The van der Waals surface area contributed by atoms with Crippen LogP contribution >= 0.6 is 0 Å². The minimum Gasteiger partial charge on any atom is -0.484 e. The zero-order valence-corrected chi connectivity index (χ0v) is 13.6. The maximum atomic E-state index is 12.2. The fourth-order valence-corrected chi connectivity index (χ4v) is 2.22. The third-order valence-corrected chi connectivity index (χ3v) is 3.58. The van der Waals surface area contributed by atoms with Crippen LogP contribution in [0.4, 0.5) is 13.2 Å². The van der Waals surface area contributed by atoms with E-state index in [4.69, 9.17) is 5.73 Å². The van der Waals surface area contributed by atoms with Gasteiger partial charge in [-0.2, -0.15) is 13.2 Å². The fourth-order valence-electron chi connectivity index (χ4n) is 2.22. The predicted octanol–water partition coefficient (Wildman–Crippen LogP) is 3.50. The summed E-state index contributed by atoms with van der Waals surface area (Å²) in [6.07, 6.45) is -4.38. The molecule has 2 aromatic rings. The molecule has 0 spiro atoms. The summed E-state index contributed by atoms with van der Waals surface area (Å²) in [5.41, 5.74) is 7.36. The maximum absolute atomic E-state index is 12.2. The Morgan fingerprint density at radius 3 is 2.24 bits per heavy atom. The predicted molar refractivity (Wildman–Crippen MR) is 87.9 cm³/mol. The van der Waals surface area contributed by atoms with Gasteiger partial charge in [0.2, 0.25) is 5.91 Å². The molecule has 7 heteroatoms. The average molecular weight is 352 g/mol. The van der Waals surface area contributed by atoms with Crippen molar-refractivity contribution in [1.29, 1.82) is 0 Å². The van der Waals surface area contributed by atoms with Crippen LogP contribution in [0.3, 0.4) is 0 Å². The van der Waals surface area contributed by atoms with E-state index in [9.17, 15) is 18.0 Å². The minimum absolute atomic E-state index is 0.112. The number of alkyl halides is 3. The highest BCUT2D eigenvalue weighted by molar-refractivity contribution is 5.83. The molecule has 2 atom stereocenters. The Bertz CT molecular complexity index is 688. The number of carbonyl (C=O) groups excluding carboxylic acids is 1. The van der Waals surface area contributed by atoms with Gasteiger partial charge in [-0.3, -0.25) is 4.79 Å². The van der Waals surface area contributed by atoms with Crippen molar-refractivity contribution in [3.63, 3.8) is 0 Å². The van der Waals surface area contributed by atoms with Crippen LogP contribution in [0.2, 0.25) is 0 Å². The van der Waals surface area contributed by atoms with Crippen LogP contribution in [0, 0.1) is 0 Å². The number of amides is 1. The molecular weight excluding hydrogens is 333 g/mol. The van der Waals surface area contributed by atoms with E-state index in [1.54, 1.807) is 43.3 Å². The number of hydrogen-bond acceptors (Lipinski definition) is 3. The van der Waals surface area contributed by atoms with Crippen molar-refractivity contribution in [3.05, 3.63) is 65.7 Å². The molecule has 2 aromatic carbocycles. The zero-order valence-electron chi connectivity index (χ0n) is 13.6. The molecule has 25 heavy (non-hydrogen) atoms. The second-order valence-electron chi connectivity index (χ2n) is 5.59. The number of rotatable bonds is 6. The summed E-state index contributed by atoms with van der Waals surface area (Å²) in [4.78, 5) is 12.2. The van der Waals surface area contributed by atoms with Gasteiger partial charge in [0.1, 0.15) is 11.8 Å². The van der Waals surface area contributed by atoms with Crippen molar-refractivity contribution < 1.29 is 22.7 Å². The minimum atomic E-state index is -4.38. The molecule has 3 N–H and O–H groups in total. The van der Waals surface area contributed by atoms with Crippen LogP contribution in [0.5, 0.6) is 5.75 Å². The largest absolute Gasteiger partial charge is 0.484 e. The van der Waals surface area contributed by atoms with Crippen LogP contribution < -0.4 is 15.8 Å². The van der Waals surface area contributed by atoms with E-state index in [1.165, 1.54) is 12.1 Å². The van der Waals surface area contributed by atoms with Crippen LogP contribution in [-0.2, 0) is 4.79 Å². The third kappa shape index (κ3) is 5.79. The molecule has 0 radical (unpaired) electrons. The monoisotopic (exact) mass is 352 g/mol. The smallest absolute Gasteiger partial charge is 0.422 e. The second kappa shape index (κ2) is 8.02. The highest BCUT2D eigenvalue weighted by Crippen LogP contribution is 2.21. The lowest BCUT2D eigenvalue weighted by Gasteiger charge is -2.18. The molecule has 134 valence electrons. The normalized spacial score (nSPS) is 13.8. The Kier molecular flexibility index (Phi) is 6.03. The first-order valence-electron chi connectivity index (χ1n) is 7.66. The molecule has 0 aromatic heterocycles. The zero-order chi connectivity index (χ0) is 18.4. The van der Waals surface area contributed by atoms with Gasteiger partial charge in [-0.1, -0.05) is 42.5 Å². The average Bonchev–Trinajstić information content (AvgIpc) is 2.59. The molecule has 4 nitrogen and oxygen atoms in total. The number of ether oxygens (including phenoxy) is 1. The summed E-state index contributed by atoms with van der Waals surface area (Å²) in [6.45, 7) is 0.422. The summed E-state index contributed by atoms with van der Waals surface area (Å²) in [6, 6.07) is 13.9. The van der Waals surface area contributed by atoms with E-state index in [0.717, 1.165) is 5.56 Å². The molecule has 0 saturated heterocycles. The van der Waals surface area contributed by atoms with Gasteiger partial charge in [-0.05, 0) is 30.2 Å². The summed E-state index contributed by atoms with van der Waals surface area (Å²) in [7, 11) is 0. The van der Waals surface area contributed by atoms with Gasteiger partial charge < -0.3 is 15.8 Å². The van der Waals surface area contributed by atoms with Crippen LogP contribution in [0.15, 0.2) is 54.6 Å². The van der Waals surface area contributed by atoms with E-state index in [1.807, 2.05) is 6.07 Å². The summed E-state index contributed by atoms with van der Waals surface area (Å²) in [5.74, 6) is -0.225. The SMILES string of the molecule is CC(NC(=O)C(N)c1ccccc1)c1ccc(OCC(F)(F)F)cc1. The van der Waals surface area contributed by atoms with Crippen molar-refractivity contribution >= 4 is 5.91 Å². The lowest BCUT2D eigenvalue weighted by molar-refractivity contribution is -0.153. The molecule has 0 aliphatic carbocycles. The van der Waals surface area contributed by atoms with E-state index in [0.29, 0.717) is 5.56 Å². The molecule has 1 amide bonds. The lowest BCUT2D eigenvalue weighted by atomic mass is 10.0. The van der Waals surface area contributed by atoms with Crippen LogP contribution in [0.1, 0.15) is 30.1 Å². The Balaban J connectivity index is 1.94. The molecule has 0 aliphatic heterocycles. The Labute approximate surface area is 143 Å². The third-order valence-electron chi connectivity index (χ3n) is 3.58. The molecule has 2 rings (SSSR count). The van der Waals surface area contributed by atoms with Crippen molar-refractivity contribution in [2.24, 2.45) is 5.73 Å². The van der Waals surface area contributed by atoms with Crippen molar-refractivity contribution in [2.75, 3.05) is 6.61 Å². The number of nitrogens with one attached hydrogen (secondary N) is 1. The number of nitrogens with two attached hydrogens (primary N) is 1. The second-order valence-corrected chi connectivity index (χ2v) is 5.59. The molecule has 0 fully saturated rings. The van der Waals surface area contributed by atoms with Crippen LogP contribution in [0.25, 0.3) is 0 Å². The first-order valence-corrected chi connectivity index (χ1v) is 7.66. The maximum Gasteiger partial charge on any atom is 0.422 e. The highest BCUT2D eigenvalue weighted by atomic mass is 19.4. The first-order chi connectivity index (χ1) is 11.8. The quantitative estimate of drug-likeness (QED) is 0.836. The fraction of sp³-hybridized carbons (Fsp3) is 0.278. The Morgan fingerprint density at radius 2 is 1.68 bits per heavy atom. The number of carbonyl (C=O) groups is 1. The number of halogens is 3. The summed E-state index contributed by atoms with van der Waals surface area (Å²) >= 11 is 0. The molecule has 0 saturated carbocycles. The van der Waals surface area contributed by atoms with Gasteiger partial charge >= 0.3 is 6.18 Å². The van der Waals surface area contributed by atoms with Gasteiger partial charge in [0.25, 0.3) is 0 Å². The molecule has 0 heterocycles. The molecule has 0 aliphatic rings. The lowest BCUT2D eigenvalue weighted by Crippen LogP contribution is -2.35. The highest BCUT2D eigenvalue weighted by Gasteiger charge is 2.28. The molecule has 0 bridgehead atoms. The van der Waals surface area contributed by atoms with E-state index in [-0.39, 0.29) is 17.7 Å². The van der Waals surface area contributed by atoms with Gasteiger partial charge in [0.05, 0.1) is 6.04 Å². The van der Waals surface area contributed by atoms with E-state index in [2.05, 4.69) is 10.1 Å². The molecular formula is C18H19F3N2O2. The topological polar surface area (TPSA) is 64.4 Å². The van der Waals surface area contributed by atoms with Crippen molar-refractivity contribution in [2.45, 2.75) is 25.2 Å². The van der Waals surface area contributed by atoms with E-state index < -0.39 is 18.8 Å². The van der Waals surface area contributed by atoms with Gasteiger partial charge in [0, 0.05) is 0 Å². The first kappa shape index (κ1) is 18.8.